The largest absolute Gasteiger partial charge is 0.460 e. The first-order valence-corrected chi connectivity index (χ1v) is 8.72. The van der Waals surface area contributed by atoms with Crippen LogP contribution in [-0.4, -0.2) is 4.57 Å². The van der Waals surface area contributed by atoms with Crippen molar-refractivity contribution in [3.8, 4) is 12.1 Å². The van der Waals surface area contributed by atoms with Gasteiger partial charge in [-0.05, 0) is 19.1 Å². The number of thiazole rings is 1. The van der Waals surface area contributed by atoms with E-state index in [0.29, 0.717) is 22.2 Å². The average molecular weight is 349 g/mol. The molecule has 0 N–H and O–H groups in total. The van der Waals surface area contributed by atoms with Crippen LogP contribution in [0.2, 0.25) is 0 Å². The van der Waals surface area contributed by atoms with E-state index in [2.05, 4.69) is 0 Å². The van der Waals surface area contributed by atoms with Crippen molar-refractivity contribution in [1.82, 2.24) is 4.57 Å². The van der Waals surface area contributed by atoms with E-state index in [4.69, 9.17) is 14.9 Å². The predicted octanol–water partition coefficient (Wildman–Crippen LogP) is 2.26. The van der Waals surface area contributed by atoms with Gasteiger partial charge in [-0.1, -0.05) is 25.1 Å². The molecule has 0 unspecified atom stereocenters. The average Bonchev–Trinajstić information content (AvgIpc) is 3.14. The summed E-state index contributed by atoms with van der Waals surface area (Å²) in [5, 5.41) is 19.2. The topological polar surface area (TPSA) is 82.7 Å². The molecule has 2 aromatic heterocycles. The minimum Gasteiger partial charge on any atom is -0.460 e. The number of benzene rings is 1. The Kier molecular flexibility index (Phi) is 4.56. The molecule has 25 heavy (non-hydrogen) atoms. The molecule has 0 aliphatic rings. The number of para-hydroxylation sites is 1. The number of fused-ring (bicyclic) bond motifs is 1. The van der Waals surface area contributed by atoms with Crippen LogP contribution in [0.25, 0.3) is 22.6 Å². The summed E-state index contributed by atoms with van der Waals surface area (Å²) in [6.45, 7) is 4.22. The van der Waals surface area contributed by atoms with Gasteiger partial charge >= 0.3 is 0 Å². The van der Waals surface area contributed by atoms with Gasteiger partial charge in [-0.15, -0.1) is 11.3 Å². The Morgan fingerprint density at radius 3 is 2.64 bits per heavy atom. The summed E-state index contributed by atoms with van der Waals surface area (Å²) in [7, 11) is 0. The maximum absolute atomic E-state index is 12.7. The third-order valence-corrected chi connectivity index (χ3v) is 5.10. The summed E-state index contributed by atoms with van der Waals surface area (Å²) in [5.41, 5.74) is 1.41. The number of hydrogen-bond donors (Lipinski definition) is 0. The zero-order valence-corrected chi connectivity index (χ0v) is 14.7. The van der Waals surface area contributed by atoms with Crippen LogP contribution < -0.4 is 14.8 Å². The summed E-state index contributed by atoms with van der Waals surface area (Å²) < 4.78 is 8.22. The molecule has 3 aromatic rings. The van der Waals surface area contributed by atoms with Crippen molar-refractivity contribution in [2.75, 3.05) is 0 Å². The Balaban J connectivity index is 2.40. The van der Waals surface area contributed by atoms with E-state index in [-0.39, 0.29) is 11.1 Å². The van der Waals surface area contributed by atoms with Gasteiger partial charge in [0.25, 0.3) is 5.56 Å². The van der Waals surface area contributed by atoms with Crippen LogP contribution in [0.15, 0.2) is 33.5 Å². The van der Waals surface area contributed by atoms with Gasteiger partial charge < -0.3 is 4.42 Å². The lowest BCUT2D eigenvalue weighted by Crippen LogP contribution is -2.31. The third kappa shape index (κ3) is 2.77. The molecule has 6 heteroatoms. The molecule has 5 nitrogen and oxygen atoms in total. The molecule has 2 heterocycles. The van der Waals surface area contributed by atoms with Gasteiger partial charge in [0.1, 0.15) is 28.1 Å². The quantitative estimate of drug-likeness (QED) is 0.726. The molecule has 0 radical (unpaired) electrons. The first-order chi connectivity index (χ1) is 12.1. The van der Waals surface area contributed by atoms with Crippen LogP contribution in [0, 0.1) is 22.7 Å². The fraction of sp³-hybridized carbons (Fsp3) is 0.211. The van der Waals surface area contributed by atoms with Crippen LogP contribution in [0.4, 0.5) is 0 Å². The second kappa shape index (κ2) is 6.80. The molecular formula is C19H15N3O2S. The summed E-state index contributed by atoms with van der Waals surface area (Å²) in [6, 6.07) is 11.4. The molecule has 0 fully saturated rings. The van der Waals surface area contributed by atoms with Crippen molar-refractivity contribution in [3.05, 3.63) is 55.1 Å². The van der Waals surface area contributed by atoms with E-state index in [1.54, 1.807) is 6.08 Å². The van der Waals surface area contributed by atoms with Crippen molar-refractivity contribution in [3.63, 3.8) is 0 Å². The Morgan fingerprint density at radius 2 is 2.00 bits per heavy atom. The van der Waals surface area contributed by atoms with E-state index in [1.807, 2.05) is 50.3 Å². The van der Waals surface area contributed by atoms with Gasteiger partial charge in [0, 0.05) is 23.9 Å². The molecule has 124 valence electrons. The van der Waals surface area contributed by atoms with Gasteiger partial charge in [0.05, 0.1) is 4.53 Å². The van der Waals surface area contributed by atoms with E-state index < -0.39 is 0 Å². The van der Waals surface area contributed by atoms with E-state index in [9.17, 15) is 4.79 Å². The predicted molar refractivity (Wildman–Crippen MR) is 97.3 cm³/mol. The minimum atomic E-state index is -0.196. The third-order valence-electron chi connectivity index (χ3n) is 3.97. The summed E-state index contributed by atoms with van der Waals surface area (Å²) >= 11 is 1.17. The molecule has 0 aliphatic carbocycles. The van der Waals surface area contributed by atoms with Crippen LogP contribution in [0.5, 0.6) is 0 Å². The van der Waals surface area contributed by atoms with Crippen LogP contribution >= 0.6 is 11.3 Å². The smallest absolute Gasteiger partial charge is 0.269 e. The summed E-state index contributed by atoms with van der Waals surface area (Å²) in [5.74, 6) is 0.809. The van der Waals surface area contributed by atoms with Gasteiger partial charge in [-0.2, -0.15) is 10.5 Å². The lowest BCUT2D eigenvalue weighted by atomic mass is 10.1. The Bertz CT molecular complexity index is 1200. The lowest BCUT2D eigenvalue weighted by Gasteiger charge is -1.93. The molecule has 1 aromatic carbocycles. The number of nitriles is 2. The van der Waals surface area contributed by atoms with E-state index >= 15 is 0 Å². The van der Waals surface area contributed by atoms with Gasteiger partial charge in [0.15, 0.2) is 5.57 Å². The Morgan fingerprint density at radius 1 is 1.28 bits per heavy atom. The number of aryl methyl sites for hydroxylation is 1. The first kappa shape index (κ1) is 16.8. The zero-order chi connectivity index (χ0) is 18.0. The van der Waals surface area contributed by atoms with Crippen molar-refractivity contribution >= 4 is 34.0 Å². The zero-order valence-electron chi connectivity index (χ0n) is 13.9. The molecule has 0 spiro atoms. The van der Waals surface area contributed by atoms with Crippen molar-refractivity contribution in [2.45, 2.75) is 26.8 Å². The fourth-order valence-electron chi connectivity index (χ4n) is 2.78. The molecule has 0 aliphatic heterocycles. The highest BCUT2D eigenvalue weighted by Crippen LogP contribution is 2.26. The van der Waals surface area contributed by atoms with E-state index in [0.717, 1.165) is 22.3 Å². The molecular weight excluding hydrogens is 334 g/mol. The highest BCUT2D eigenvalue weighted by molar-refractivity contribution is 7.07. The summed E-state index contributed by atoms with van der Waals surface area (Å²) in [6.07, 6.45) is 2.51. The first-order valence-electron chi connectivity index (χ1n) is 7.90. The maximum atomic E-state index is 12.7. The van der Waals surface area contributed by atoms with Gasteiger partial charge in [0.2, 0.25) is 0 Å². The lowest BCUT2D eigenvalue weighted by molar-refractivity contribution is 0.556. The van der Waals surface area contributed by atoms with Gasteiger partial charge in [-0.3, -0.25) is 9.36 Å². The van der Waals surface area contributed by atoms with Crippen LogP contribution in [-0.2, 0) is 13.0 Å². The molecule has 3 rings (SSSR count). The minimum absolute atomic E-state index is 0.0450. The van der Waals surface area contributed by atoms with Crippen molar-refractivity contribution < 1.29 is 4.42 Å². The standard InChI is InChI=1S/C19H15N3O2S/c1-3-15-14(13-7-5-6-8-16(13)24-15)9-17-18(23)22(4-2)19(25-17)12(10-20)11-21/h5-9H,3-4H2,1-2H3/b17-9-. The monoisotopic (exact) mass is 349 g/mol. The molecule has 0 bridgehead atoms. The Labute approximate surface area is 148 Å². The maximum Gasteiger partial charge on any atom is 0.269 e. The highest BCUT2D eigenvalue weighted by atomic mass is 32.1. The van der Waals surface area contributed by atoms with Crippen molar-refractivity contribution in [1.29, 1.82) is 10.5 Å². The fourth-order valence-corrected chi connectivity index (χ4v) is 3.88. The second-order valence-electron chi connectivity index (χ2n) is 5.35. The van der Waals surface area contributed by atoms with Crippen molar-refractivity contribution in [2.24, 2.45) is 0 Å². The molecule has 0 atom stereocenters. The number of rotatable bonds is 3. The number of furan rings is 1. The second-order valence-corrected chi connectivity index (χ2v) is 6.38. The highest BCUT2D eigenvalue weighted by Gasteiger charge is 2.13. The number of hydrogen-bond acceptors (Lipinski definition) is 5. The van der Waals surface area contributed by atoms with Crippen LogP contribution in [0.1, 0.15) is 25.2 Å². The van der Waals surface area contributed by atoms with E-state index in [1.165, 1.54) is 15.9 Å². The summed E-state index contributed by atoms with van der Waals surface area (Å²) in [4.78, 5) is 12.7. The normalized spacial score (nSPS) is 11.4. The number of nitrogens with zero attached hydrogens (tertiary/aromatic N) is 3. The van der Waals surface area contributed by atoms with Crippen LogP contribution in [0.3, 0.4) is 0 Å². The SMILES string of the molecule is CCc1oc2ccccc2c1/C=c1\sc(=C(C#N)C#N)n(CC)c1=O. The van der Waals surface area contributed by atoms with Gasteiger partial charge in [-0.25, -0.2) is 0 Å². The molecule has 0 saturated carbocycles. The molecule has 0 amide bonds. The Hall–Kier alpha value is -3.09. The molecule has 0 saturated heterocycles. The number of aromatic nitrogens is 1.